The van der Waals surface area contributed by atoms with Gasteiger partial charge in [0.1, 0.15) is 5.82 Å². The summed E-state index contributed by atoms with van der Waals surface area (Å²) in [6, 6.07) is 3.27. The molecule has 0 spiro atoms. The van der Waals surface area contributed by atoms with Crippen molar-refractivity contribution in [2.75, 3.05) is 29.5 Å². The third-order valence-corrected chi connectivity index (χ3v) is 4.31. The van der Waals surface area contributed by atoms with E-state index in [1.165, 1.54) is 6.20 Å². The van der Waals surface area contributed by atoms with E-state index < -0.39 is 15.7 Å². The zero-order valence-electron chi connectivity index (χ0n) is 9.98. The van der Waals surface area contributed by atoms with Gasteiger partial charge >= 0.3 is 0 Å². The quantitative estimate of drug-likeness (QED) is 0.840. The number of nitrogens with zero attached hydrogens (tertiary/aromatic N) is 2. The van der Waals surface area contributed by atoms with Crippen molar-refractivity contribution in [2.45, 2.75) is 0 Å². The van der Waals surface area contributed by atoms with Crippen molar-refractivity contribution in [3.8, 4) is 0 Å². The number of rotatable bonds is 2. The summed E-state index contributed by atoms with van der Waals surface area (Å²) in [6.07, 6.45) is 1.40. The molecule has 1 fully saturated rings. The number of anilines is 1. The number of carbonyl (C=O) groups excluding carboxylic acids is 1. The SMILES string of the molecule is Cl.Cl.NC(=O)c1ccc(N2CCS(=O)(=O)CC2)nc1. The van der Waals surface area contributed by atoms with Crippen LogP contribution in [0.4, 0.5) is 5.82 Å². The molecule has 0 unspecified atom stereocenters. The lowest BCUT2D eigenvalue weighted by atomic mass is 10.2. The molecule has 1 aromatic heterocycles. The van der Waals surface area contributed by atoms with E-state index in [1.54, 1.807) is 12.1 Å². The van der Waals surface area contributed by atoms with Gasteiger partial charge in [0.05, 0.1) is 17.1 Å². The second-order valence-corrected chi connectivity index (χ2v) is 6.21. The van der Waals surface area contributed by atoms with Gasteiger partial charge in [0.15, 0.2) is 9.84 Å². The third kappa shape index (κ3) is 4.52. The van der Waals surface area contributed by atoms with Crippen LogP contribution in [-0.2, 0) is 9.84 Å². The number of halogens is 2. The molecule has 6 nitrogen and oxygen atoms in total. The van der Waals surface area contributed by atoms with Crippen molar-refractivity contribution in [2.24, 2.45) is 5.73 Å². The molecular weight excluding hydrogens is 313 g/mol. The van der Waals surface area contributed by atoms with E-state index in [1.807, 2.05) is 4.90 Å². The zero-order valence-corrected chi connectivity index (χ0v) is 12.4. The monoisotopic (exact) mass is 327 g/mol. The van der Waals surface area contributed by atoms with E-state index in [0.29, 0.717) is 24.5 Å². The summed E-state index contributed by atoms with van der Waals surface area (Å²) in [4.78, 5) is 16.8. The highest BCUT2D eigenvalue weighted by molar-refractivity contribution is 7.91. The van der Waals surface area contributed by atoms with Crippen molar-refractivity contribution >= 4 is 46.4 Å². The molecule has 19 heavy (non-hydrogen) atoms. The number of aromatic nitrogens is 1. The minimum absolute atomic E-state index is 0. The molecule has 0 aromatic carbocycles. The van der Waals surface area contributed by atoms with E-state index >= 15 is 0 Å². The standard InChI is InChI=1S/C10H13N3O3S.2ClH/c11-10(14)8-1-2-9(12-7-8)13-3-5-17(15,16)6-4-13;;/h1-2,7H,3-6H2,(H2,11,14);2*1H. The Hall–Kier alpha value is -1.05. The highest BCUT2D eigenvalue weighted by atomic mass is 35.5. The molecule has 1 aliphatic heterocycles. The third-order valence-electron chi connectivity index (χ3n) is 2.70. The number of sulfone groups is 1. The van der Waals surface area contributed by atoms with Gasteiger partial charge in [-0.25, -0.2) is 13.4 Å². The maximum Gasteiger partial charge on any atom is 0.250 e. The van der Waals surface area contributed by atoms with Crippen LogP contribution in [0.1, 0.15) is 10.4 Å². The Morgan fingerprint density at radius 3 is 2.21 bits per heavy atom. The van der Waals surface area contributed by atoms with Crippen LogP contribution < -0.4 is 10.6 Å². The lowest BCUT2D eigenvalue weighted by molar-refractivity contribution is 0.1000. The predicted octanol–water partition coefficient (Wildman–Crippen LogP) is 0.259. The molecule has 0 atom stereocenters. The molecular formula is C10H15Cl2N3O3S. The summed E-state index contributed by atoms with van der Waals surface area (Å²) in [5.41, 5.74) is 5.45. The summed E-state index contributed by atoms with van der Waals surface area (Å²) in [7, 11) is -2.89. The van der Waals surface area contributed by atoms with Crippen LogP contribution in [0, 0.1) is 0 Å². The van der Waals surface area contributed by atoms with E-state index in [4.69, 9.17) is 5.73 Å². The summed E-state index contributed by atoms with van der Waals surface area (Å²) in [5, 5.41) is 0. The number of amides is 1. The van der Waals surface area contributed by atoms with E-state index in [2.05, 4.69) is 4.98 Å². The molecule has 2 heterocycles. The topological polar surface area (TPSA) is 93.4 Å². The van der Waals surface area contributed by atoms with Crippen LogP contribution in [0.5, 0.6) is 0 Å². The van der Waals surface area contributed by atoms with Gasteiger partial charge in [0, 0.05) is 19.3 Å². The summed E-state index contributed by atoms with van der Waals surface area (Å²) >= 11 is 0. The summed E-state index contributed by atoms with van der Waals surface area (Å²) < 4.78 is 22.5. The molecule has 1 aromatic rings. The van der Waals surface area contributed by atoms with Crippen molar-refractivity contribution in [1.82, 2.24) is 4.98 Å². The average Bonchev–Trinajstić information content (AvgIpc) is 2.29. The predicted molar refractivity (Wildman–Crippen MR) is 78.1 cm³/mol. The van der Waals surface area contributed by atoms with Crippen LogP contribution in [0.15, 0.2) is 18.3 Å². The first-order chi connectivity index (χ1) is 7.98. The first kappa shape index (κ1) is 17.9. The fraction of sp³-hybridized carbons (Fsp3) is 0.400. The van der Waals surface area contributed by atoms with Crippen molar-refractivity contribution < 1.29 is 13.2 Å². The smallest absolute Gasteiger partial charge is 0.250 e. The molecule has 1 amide bonds. The maximum atomic E-state index is 11.3. The van der Waals surface area contributed by atoms with Crippen LogP contribution in [0.25, 0.3) is 0 Å². The zero-order chi connectivity index (χ0) is 12.5. The Morgan fingerprint density at radius 1 is 1.21 bits per heavy atom. The highest BCUT2D eigenvalue weighted by Crippen LogP contribution is 2.14. The minimum atomic E-state index is -2.89. The fourth-order valence-electron chi connectivity index (χ4n) is 1.66. The van der Waals surface area contributed by atoms with Gasteiger partial charge in [-0.15, -0.1) is 24.8 Å². The van der Waals surface area contributed by atoms with Crippen molar-refractivity contribution in [1.29, 1.82) is 0 Å². The van der Waals surface area contributed by atoms with Crippen LogP contribution >= 0.6 is 24.8 Å². The summed E-state index contributed by atoms with van der Waals surface area (Å²) in [5.74, 6) is 0.438. The number of hydrogen-bond donors (Lipinski definition) is 1. The van der Waals surface area contributed by atoms with Gasteiger partial charge in [-0.3, -0.25) is 4.79 Å². The second kappa shape index (κ2) is 6.93. The highest BCUT2D eigenvalue weighted by Gasteiger charge is 2.22. The van der Waals surface area contributed by atoms with Crippen LogP contribution in [0.2, 0.25) is 0 Å². The molecule has 0 saturated carbocycles. The first-order valence-electron chi connectivity index (χ1n) is 5.19. The number of nitrogens with two attached hydrogens (primary N) is 1. The maximum absolute atomic E-state index is 11.3. The number of primary amides is 1. The lowest BCUT2D eigenvalue weighted by Gasteiger charge is -2.27. The fourth-order valence-corrected chi connectivity index (χ4v) is 2.86. The molecule has 0 bridgehead atoms. The van der Waals surface area contributed by atoms with E-state index in [-0.39, 0.29) is 36.3 Å². The first-order valence-corrected chi connectivity index (χ1v) is 7.01. The van der Waals surface area contributed by atoms with Gasteiger partial charge < -0.3 is 10.6 Å². The average molecular weight is 328 g/mol. The Kier molecular flexibility index (Phi) is 6.54. The van der Waals surface area contributed by atoms with E-state index in [0.717, 1.165) is 0 Å². The van der Waals surface area contributed by atoms with E-state index in [9.17, 15) is 13.2 Å². The number of pyridine rings is 1. The van der Waals surface area contributed by atoms with Gasteiger partial charge in [0.2, 0.25) is 5.91 Å². The lowest BCUT2D eigenvalue weighted by Crippen LogP contribution is -2.40. The normalized spacial score (nSPS) is 16.9. The Labute approximate surface area is 124 Å². The number of hydrogen-bond acceptors (Lipinski definition) is 5. The van der Waals surface area contributed by atoms with Gasteiger partial charge in [-0.05, 0) is 12.1 Å². The molecule has 2 N–H and O–H groups in total. The largest absolute Gasteiger partial charge is 0.366 e. The molecule has 2 rings (SSSR count). The Balaban J connectivity index is 0.00000162. The molecule has 1 aliphatic rings. The molecule has 0 aliphatic carbocycles. The number of carbonyl (C=O) groups is 1. The molecule has 9 heteroatoms. The van der Waals surface area contributed by atoms with Crippen molar-refractivity contribution in [3.05, 3.63) is 23.9 Å². The van der Waals surface area contributed by atoms with Crippen molar-refractivity contribution in [3.63, 3.8) is 0 Å². The summed E-state index contributed by atoms with van der Waals surface area (Å²) in [6.45, 7) is 0.872. The van der Waals surface area contributed by atoms with Gasteiger partial charge in [-0.1, -0.05) is 0 Å². The van der Waals surface area contributed by atoms with Gasteiger partial charge in [0.25, 0.3) is 0 Å². The molecule has 0 radical (unpaired) electrons. The Morgan fingerprint density at radius 2 is 1.79 bits per heavy atom. The van der Waals surface area contributed by atoms with Gasteiger partial charge in [-0.2, -0.15) is 0 Å². The van der Waals surface area contributed by atoms with Crippen LogP contribution in [-0.4, -0.2) is 43.9 Å². The molecule has 1 saturated heterocycles. The van der Waals surface area contributed by atoms with Crippen LogP contribution in [0.3, 0.4) is 0 Å². The molecule has 108 valence electrons. The Bertz CT molecular complexity index is 519. The second-order valence-electron chi connectivity index (χ2n) is 3.91. The minimum Gasteiger partial charge on any atom is -0.366 e.